The Kier molecular flexibility index (Phi) is 8.84. The lowest BCUT2D eigenvalue weighted by molar-refractivity contribution is -0.143. The summed E-state index contributed by atoms with van der Waals surface area (Å²) < 4.78 is 16.8. The second-order valence-electron chi connectivity index (χ2n) is 7.18. The normalized spacial score (nSPS) is 16.2. The number of carbonyl (C=O) groups excluding carboxylic acids is 2. The molecule has 7 nitrogen and oxygen atoms in total. The van der Waals surface area contributed by atoms with E-state index in [1.807, 2.05) is 20.8 Å². The van der Waals surface area contributed by atoms with E-state index in [4.69, 9.17) is 25.8 Å². The highest BCUT2D eigenvalue weighted by Gasteiger charge is 2.34. The van der Waals surface area contributed by atoms with Gasteiger partial charge in [-0.2, -0.15) is 0 Å². The van der Waals surface area contributed by atoms with Crippen molar-refractivity contribution in [1.82, 2.24) is 10.6 Å². The number of nitrogens with one attached hydrogen (secondary N) is 2. The number of ether oxygens (including phenoxy) is 3. The van der Waals surface area contributed by atoms with E-state index in [0.29, 0.717) is 53.0 Å². The maximum Gasteiger partial charge on any atom is 0.338 e. The summed E-state index contributed by atoms with van der Waals surface area (Å²) in [5.74, 6) is 0.421. The van der Waals surface area contributed by atoms with Crippen molar-refractivity contribution in [3.63, 3.8) is 0 Å². The van der Waals surface area contributed by atoms with Gasteiger partial charge >= 0.3 is 12.0 Å². The number of benzene rings is 1. The average molecular weight is 439 g/mol. The van der Waals surface area contributed by atoms with E-state index in [1.54, 1.807) is 26.0 Å². The van der Waals surface area contributed by atoms with Crippen molar-refractivity contribution in [3.8, 4) is 11.5 Å². The quantitative estimate of drug-likeness (QED) is 0.508. The van der Waals surface area contributed by atoms with Crippen LogP contribution in [-0.4, -0.2) is 31.3 Å². The summed E-state index contributed by atoms with van der Waals surface area (Å²) in [6, 6.07) is 2.33. The van der Waals surface area contributed by atoms with Gasteiger partial charge in [-0.15, -0.1) is 0 Å². The highest BCUT2D eigenvalue weighted by molar-refractivity contribution is 6.32. The topological polar surface area (TPSA) is 85.9 Å². The lowest BCUT2D eigenvalue weighted by Crippen LogP contribution is -2.46. The molecule has 1 atom stereocenters. The second kappa shape index (κ2) is 11.1. The van der Waals surface area contributed by atoms with Crippen LogP contribution in [0.1, 0.15) is 65.5 Å². The lowest BCUT2D eigenvalue weighted by atomic mass is 9.93. The molecule has 166 valence electrons. The number of halogens is 1. The third-order valence-electron chi connectivity index (χ3n) is 4.45. The van der Waals surface area contributed by atoms with Crippen LogP contribution in [-0.2, 0) is 9.53 Å². The van der Waals surface area contributed by atoms with E-state index >= 15 is 0 Å². The summed E-state index contributed by atoms with van der Waals surface area (Å²) in [6.45, 7) is 10.2. The molecule has 2 amide bonds. The Bertz CT molecular complexity index is 807. The summed E-state index contributed by atoms with van der Waals surface area (Å²) in [5, 5.41) is 5.95. The minimum Gasteiger partial charge on any atom is -0.490 e. The van der Waals surface area contributed by atoms with Gasteiger partial charge in [-0.05, 0) is 58.2 Å². The van der Waals surface area contributed by atoms with Crippen LogP contribution >= 0.6 is 11.6 Å². The van der Waals surface area contributed by atoms with Gasteiger partial charge in [-0.3, -0.25) is 0 Å². The molecule has 1 aliphatic heterocycles. The monoisotopic (exact) mass is 438 g/mol. The third kappa shape index (κ3) is 5.81. The van der Waals surface area contributed by atoms with Gasteiger partial charge in [0.1, 0.15) is 0 Å². The minimum atomic E-state index is -0.718. The van der Waals surface area contributed by atoms with Crippen LogP contribution in [0, 0.1) is 0 Å². The molecule has 1 aromatic rings. The van der Waals surface area contributed by atoms with Crippen LogP contribution in [0.25, 0.3) is 0 Å². The van der Waals surface area contributed by atoms with Crippen LogP contribution in [0.15, 0.2) is 23.4 Å². The Morgan fingerprint density at radius 1 is 1.17 bits per heavy atom. The summed E-state index contributed by atoms with van der Waals surface area (Å²) in [5.41, 5.74) is 1.56. The zero-order chi connectivity index (χ0) is 22.3. The van der Waals surface area contributed by atoms with E-state index in [1.165, 1.54) is 0 Å². The number of rotatable bonds is 10. The number of unbranched alkanes of at least 4 members (excludes halogenated alkanes) is 1. The number of hydrogen-bond acceptors (Lipinski definition) is 5. The molecule has 0 bridgehead atoms. The van der Waals surface area contributed by atoms with Crippen molar-refractivity contribution in [2.75, 3.05) is 13.2 Å². The molecule has 1 heterocycles. The van der Waals surface area contributed by atoms with Gasteiger partial charge in [0.2, 0.25) is 0 Å². The first-order chi connectivity index (χ1) is 14.3. The summed E-state index contributed by atoms with van der Waals surface area (Å²) in [6.07, 6.45) is 2.02. The predicted octanol–water partition coefficient (Wildman–Crippen LogP) is 4.89. The molecule has 1 aliphatic rings. The van der Waals surface area contributed by atoms with Gasteiger partial charge in [-0.1, -0.05) is 24.9 Å². The van der Waals surface area contributed by atoms with E-state index in [0.717, 1.165) is 12.8 Å². The maximum absolute atomic E-state index is 13.0. The molecule has 0 fully saturated rings. The number of amides is 2. The Balaban J connectivity index is 2.59. The molecule has 0 aliphatic carbocycles. The number of carbonyl (C=O) groups is 2. The molecule has 0 aromatic heterocycles. The molecule has 0 saturated heterocycles. The van der Waals surface area contributed by atoms with Crippen LogP contribution < -0.4 is 20.1 Å². The average Bonchev–Trinajstić information content (AvgIpc) is 2.67. The summed E-state index contributed by atoms with van der Waals surface area (Å²) in [4.78, 5) is 25.4. The standard InChI is InChI=1S/C22H31ClN2O5/c1-6-9-10-16-18(21(26)30-13(4)5)19(25-22(27)24-16)14-11-15(23)20(29-8-3)17(12-14)28-7-2/h11-13,19H,6-10H2,1-5H3,(H2,24,25,27). The molecule has 0 radical (unpaired) electrons. The Hall–Kier alpha value is -2.41. The Morgan fingerprint density at radius 2 is 1.87 bits per heavy atom. The van der Waals surface area contributed by atoms with Crippen molar-refractivity contribution in [2.24, 2.45) is 0 Å². The maximum atomic E-state index is 13.0. The van der Waals surface area contributed by atoms with Crippen LogP contribution in [0.2, 0.25) is 5.02 Å². The van der Waals surface area contributed by atoms with E-state index in [2.05, 4.69) is 10.6 Å². The number of urea groups is 1. The molecule has 0 spiro atoms. The van der Waals surface area contributed by atoms with Crippen molar-refractivity contribution in [1.29, 1.82) is 0 Å². The van der Waals surface area contributed by atoms with E-state index in [-0.39, 0.29) is 12.1 Å². The van der Waals surface area contributed by atoms with Crippen molar-refractivity contribution in [3.05, 3.63) is 34.0 Å². The second-order valence-corrected chi connectivity index (χ2v) is 7.58. The number of allylic oxidation sites excluding steroid dienone is 1. The molecule has 1 aromatic carbocycles. The lowest BCUT2D eigenvalue weighted by Gasteiger charge is -2.30. The molecule has 30 heavy (non-hydrogen) atoms. The van der Waals surface area contributed by atoms with Gasteiger partial charge in [-0.25, -0.2) is 9.59 Å². The fourth-order valence-electron chi connectivity index (χ4n) is 3.24. The molecule has 8 heteroatoms. The van der Waals surface area contributed by atoms with Crippen LogP contribution in [0.4, 0.5) is 4.79 Å². The molecule has 2 N–H and O–H groups in total. The van der Waals surface area contributed by atoms with E-state index < -0.39 is 12.0 Å². The zero-order valence-corrected chi connectivity index (χ0v) is 19.0. The van der Waals surface area contributed by atoms with Crippen molar-refractivity contribution >= 4 is 23.6 Å². The largest absolute Gasteiger partial charge is 0.490 e. The SMILES string of the molecule is CCCCC1=C(C(=O)OC(C)C)C(c2cc(Cl)c(OCC)c(OCC)c2)NC(=O)N1. The first kappa shape index (κ1) is 23.9. The number of esters is 1. The van der Waals surface area contributed by atoms with Gasteiger partial charge in [0.15, 0.2) is 11.5 Å². The van der Waals surface area contributed by atoms with Crippen molar-refractivity contribution in [2.45, 2.75) is 66.0 Å². The summed E-state index contributed by atoms with van der Waals surface area (Å²) in [7, 11) is 0. The molecular formula is C22H31ClN2O5. The zero-order valence-electron chi connectivity index (χ0n) is 18.3. The first-order valence-electron chi connectivity index (χ1n) is 10.4. The fourth-order valence-corrected chi connectivity index (χ4v) is 3.51. The van der Waals surface area contributed by atoms with Crippen molar-refractivity contribution < 1.29 is 23.8 Å². The van der Waals surface area contributed by atoms with E-state index in [9.17, 15) is 9.59 Å². The Labute approximate surface area is 183 Å². The predicted molar refractivity (Wildman–Crippen MR) is 116 cm³/mol. The van der Waals surface area contributed by atoms with Crippen LogP contribution in [0.3, 0.4) is 0 Å². The van der Waals surface area contributed by atoms with Gasteiger partial charge in [0.05, 0.1) is 36.0 Å². The molecule has 2 rings (SSSR count). The van der Waals surface area contributed by atoms with Gasteiger partial charge in [0, 0.05) is 5.70 Å². The number of hydrogen-bond donors (Lipinski definition) is 2. The summed E-state index contributed by atoms with van der Waals surface area (Å²) >= 11 is 6.47. The first-order valence-corrected chi connectivity index (χ1v) is 10.8. The molecule has 0 saturated carbocycles. The third-order valence-corrected chi connectivity index (χ3v) is 4.73. The van der Waals surface area contributed by atoms with Gasteiger partial charge < -0.3 is 24.8 Å². The highest BCUT2D eigenvalue weighted by atomic mass is 35.5. The van der Waals surface area contributed by atoms with Crippen LogP contribution in [0.5, 0.6) is 11.5 Å². The Morgan fingerprint density at radius 3 is 2.47 bits per heavy atom. The molecular weight excluding hydrogens is 408 g/mol. The fraction of sp³-hybridized carbons (Fsp3) is 0.545. The smallest absolute Gasteiger partial charge is 0.338 e. The minimum absolute atomic E-state index is 0.293. The van der Waals surface area contributed by atoms with Gasteiger partial charge in [0.25, 0.3) is 0 Å². The highest BCUT2D eigenvalue weighted by Crippen LogP contribution is 2.40. The molecule has 1 unspecified atom stereocenters.